The number of benzene rings is 1. The third-order valence-corrected chi connectivity index (χ3v) is 4.34. The van der Waals surface area contributed by atoms with E-state index in [1.165, 1.54) is 0 Å². The van der Waals surface area contributed by atoms with Gasteiger partial charge in [0.15, 0.2) is 5.78 Å². The van der Waals surface area contributed by atoms with Crippen LogP contribution in [0.5, 0.6) is 0 Å². The predicted molar refractivity (Wildman–Crippen MR) is 98.8 cm³/mol. The fourth-order valence-electron chi connectivity index (χ4n) is 2.12. The van der Waals surface area contributed by atoms with Crippen LogP contribution in [-0.2, 0) is 0 Å². The highest BCUT2D eigenvalue weighted by Gasteiger charge is 2.07. The summed E-state index contributed by atoms with van der Waals surface area (Å²) < 4.78 is 0. The van der Waals surface area contributed by atoms with Crippen molar-refractivity contribution in [1.82, 2.24) is 10.2 Å². The molecule has 23 heavy (non-hydrogen) atoms. The first-order valence-electron chi connectivity index (χ1n) is 7.53. The Morgan fingerprint density at radius 1 is 1.39 bits per heavy atom. The molecular formula is C18H21N3OS. The summed E-state index contributed by atoms with van der Waals surface area (Å²) in [6.07, 6.45) is 8.28. The molecule has 1 heterocycles. The minimum Gasteiger partial charge on any atom is -0.388 e. The number of nitrogens with zero attached hydrogens (tertiary/aromatic N) is 1. The van der Waals surface area contributed by atoms with Crippen LogP contribution in [0.1, 0.15) is 41.9 Å². The Hall–Kier alpha value is -2.27. The van der Waals surface area contributed by atoms with E-state index in [1.54, 1.807) is 18.0 Å². The molecule has 0 spiro atoms. The second kappa shape index (κ2) is 8.39. The molecule has 1 aromatic heterocycles. The van der Waals surface area contributed by atoms with Crippen LogP contribution in [-0.4, -0.2) is 23.0 Å². The summed E-state index contributed by atoms with van der Waals surface area (Å²) >= 11 is 1.62. The third-order valence-electron chi connectivity index (χ3n) is 3.36. The Balaban J connectivity index is 2.31. The molecule has 1 aromatic carbocycles. The number of hydrogen-bond donors (Lipinski definition) is 2. The van der Waals surface area contributed by atoms with Gasteiger partial charge in [-0.25, -0.2) is 0 Å². The van der Waals surface area contributed by atoms with Crippen LogP contribution in [0.15, 0.2) is 40.8 Å². The van der Waals surface area contributed by atoms with Crippen LogP contribution >= 0.6 is 11.8 Å². The Morgan fingerprint density at radius 2 is 2.22 bits per heavy atom. The first-order chi connectivity index (χ1) is 11.2. The summed E-state index contributed by atoms with van der Waals surface area (Å²) in [7, 11) is 1.87. The van der Waals surface area contributed by atoms with E-state index < -0.39 is 0 Å². The number of allylic oxidation sites excluding steroid dienone is 1. The van der Waals surface area contributed by atoms with Gasteiger partial charge in [0.05, 0.1) is 16.8 Å². The van der Waals surface area contributed by atoms with Gasteiger partial charge in [0.1, 0.15) is 0 Å². The Morgan fingerprint density at radius 3 is 2.91 bits per heavy atom. The molecule has 2 rings (SSSR count). The fourth-order valence-corrected chi connectivity index (χ4v) is 2.76. The molecular weight excluding hydrogens is 306 g/mol. The van der Waals surface area contributed by atoms with Gasteiger partial charge in [-0.3, -0.25) is 9.89 Å². The molecule has 0 radical (unpaired) electrons. The van der Waals surface area contributed by atoms with Crippen LogP contribution in [0.2, 0.25) is 0 Å². The minimum atomic E-state index is 0.146. The predicted octanol–water partition coefficient (Wildman–Crippen LogP) is 4.84. The van der Waals surface area contributed by atoms with Gasteiger partial charge in [-0.2, -0.15) is 5.10 Å². The summed E-state index contributed by atoms with van der Waals surface area (Å²) in [5.41, 5.74) is 3.64. The lowest BCUT2D eigenvalue weighted by Crippen LogP contribution is -1.99. The summed E-state index contributed by atoms with van der Waals surface area (Å²) in [5, 5.41) is 12.2. The van der Waals surface area contributed by atoms with E-state index in [4.69, 9.17) is 0 Å². The molecule has 0 amide bonds. The summed E-state index contributed by atoms with van der Waals surface area (Å²) in [4.78, 5) is 13.0. The van der Waals surface area contributed by atoms with Crippen molar-refractivity contribution in [3.8, 4) is 0 Å². The molecule has 4 nitrogen and oxygen atoms in total. The lowest BCUT2D eigenvalue weighted by Gasteiger charge is -2.07. The highest BCUT2D eigenvalue weighted by atomic mass is 32.2. The van der Waals surface area contributed by atoms with E-state index >= 15 is 0 Å². The number of thioether (sulfide) groups is 1. The van der Waals surface area contributed by atoms with E-state index in [2.05, 4.69) is 15.5 Å². The lowest BCUT2D eigenvalue weighted by molar-refractivity contribution is 0.0988. The zero-order chi connectivity index (χ0) is 16.7. The van der Waals surface area contributed by atoms with Gasteiger partial charge >= 0.3 is 0 Å². The molecule has 2 N–H and O–H groups in total. The number of rotatable bonds is 7. The summed E-state index contributed by atoms with van der Waals surface area (Å²) in [5.74, 6) is 0.146. The first kappa shape index (κ1) is 17.1. The Kier molecular flexibility index (Phi) is 6.23. The molecule has 5 heteroatoms. The quantitative estimate of drug-likeness (QED) is 0.564. The smallest absolute Gasteiger partial charge is 0.162 e. The highest BCUT2D eigenvalue weighted by Crippen LogP contribution is 2.25. The standard InChI is InChI=1S/C18H21N3OS/c1-4-10-23-18-12-20-21-16(18)9-6-13-11-14(17(22)5-2)7-8-15(13)19-3/h4,6-12,19H,5H2,1-3H3,(H,20,21)/b9-6+,10-4-. The van der Waals surface area contributed by atoms with Crippen molar-refractivity contribution in [1.29, 1.82) is 0 Å². The van der Waals surface area contributed by atoms with E-state index in [9.17, 15) is 4.79 Å². The maximum atomic E-state index is 11.9. The maximum Gasteiger partial charge on any atom is 0.162 e. The van der Waals surface area contributed by atoms with E-state index in [0.717, 1.165) is 27.4 Å². The number of Topliss-reactive ketones (excluding diaryl/α,β-unsaturated/α-hetero) is 1. The average Bonchev–Trinajstić information content (AvgIpc) is 3.04. The van der Waals surface area contributed by atoms with Crippen molar-refractivity contribution >= 4 is 35.4 Å². The topological polar surface area (TPSA) is 57.8 Å². The molecule has 0 aliphatic carbocycles. The third kappa shape index (κ3) is 4.36. The number of anilines is 1. The number of ketones is 1. The first-order valence-corrected chi connectivity index (χ1v) is 8.41. The van der Waals surface area contributed by atoms with E-state index in [-0.39, 0.29) is 5.78 Å². The van der Waals surface area contributed by atoms with Crippen LogP contribution in [0.25, 0.3) is 12.2 Å². The molecule has 2 aromatic rings. The molecule has 0 unspecified atom stereocenters. The Labute approximate surface area is 141 Å². The summed E-state index contributed by atoms with van der Waals surface area (Å²) in [6, 6.07) is 5.72. The molecule has 0 bridgehead atoms. The fraction of sp³-hybridized carbons (Fsp3) is 0.222. The molecule has 0 saturated heterocycles. The number of hydrogen-bond acceptors (Lipinski definition) is 4. The lowest BCUT2D eigenvalue weighted by atomic mass is 10.0. The molecule has 0 atom stereocenters. The molecule has 0 fully saturated rings. The van der Waals surface area contributed by atoms with Gasteiger partial charge in [0.2, 0.25) is 0 Å². The summed E-state index contributed by atoms with van der Waals surface area (Å²) in [6.45, 7) is 3.86. The monoisotopic (exact) mass is 327 g/mol. The van der Waals surface area contributed by atoms with Crippen LogP contribution in [0.4, 0.5) is 5.69 Å². The molecule has 120 valence electrons. The zero-order valence-corrected chi connectivity index (χ0v) is 14.4. The molecule has 0 aliphatic rings. The van der Waals surface area contributed by atoms with Gasteiger partial charge < -0.3 is 5.32 Å². The van der Waals surface area contributed by atoms with Gasteiger partial charge in [-0.15, -0.1) is 0 Å². The molecule has 0 saturated carbocycles. The van der Waals surface area contributed by atoms with Crippen LogP contribution in [0.3, 0.4) is 0 Å². The number of nitrogens with one attached hydrogen (secondary N) is 2. The van der Waals surface area contributed by atoms with Crippen molar-refractivity contribution in [2.24, 2.45) is 0 Å². The number of carbonyl (C=O) groups is 1. The van der Waals surface area contributed by atoms with Gasteiger partial charge in [0, 0.05) is 24.7 Å². The van der Waals surface area contributed by atoms with Gasteiger partial charge in [-0.05, 0) is 42.2 Å². The van der Waals surface area contributed by atoms with Crippen molar-refractivity contribution in [3.05, 3.63) is 52.7 Å². The molecule has 0 aliphatic heterocycles. The zero-order valence-electron chi connectivity index (χ0n) is 13.6. The van der Waals surface area contributed by atoms with Gasteiger partial charge in [-0.1, -0.05) is 30.8 Å². The SMILES string of the molecule is C/C=C\Sc1cn[nH]c1/C=C/c1cc(C(=O)CC)ccc1NC. The number of aromatic nitrogens is 2. The second-order valence-corrected chi connectivity index (χ2v) is 5.84. The van der Waals surface area contributed by atoms with Crippen LogP contribution < -0.4 is 5.32 Å². The number of carbonyl (C=O) groups excluding carboxylic acids is 1. The van der Waals surface area contributed by atoms with E-state index in [1.807, 2.05) is 62.7 Å². The number of H-pyrrole nitrogens is 1. The van der Waals surface area contributed by atoms with Gasteiger partial charge in [0.25, 0.3) is 0 Å². The van der Waals surface area contributed by atoms with Crippen molar-refractivity contribution < 1.29 is 4.79 Å². The van der Waals surface area contributed by atoms with E-state index in [0.29, 0.717) is 6.42 Å². The largest absolute Gasteiger partial charge is 0.388 e. The van der Waals surface area contributed by atoms with Crippen LogP contribution in [0, 0.1) is 0 Å². The number of aromatic amines is 1. The minimum absolute atomic E-state index is 0.146. The maximum absolute atomic E-state index is 11.9. The highest BCUT2D eigenvalue weighted by molar-refractivity contribution is 8.02. The van der Waals surface area contributed by atoms with Crippen molar-refractivity contribution in [3.63, 3.8) is 0 Å². The second-order valence-electron chi connectivity index (χ2n) is 4.90. The average molecular weight is 327 g/mol. The van der Waals surface area contributed by atoms with Crippen molar-refractivity contribution in [2.75, 3.05) is 12.4 Å². The normalized spacial score (nSPS) is 11.4. The Bertz CT molecular complexity index is 732. The van der Waals surface area contributed by atoms with Crippen molar-refractivity contribution in [2.45, 2.75) is 25.2 Å².